The smallest absolute Gasteiger partial charge is 0.00926 e. The first-order valence-corrected chi connectivity index (χ1v) is 14.8. The zero-order chi connectivity index (χ0) is 28.8. The molecule has 0 saturated heterocycles. The van der Waals surface area contributed by atoms with Crippen molar-refractivity contribution in [3.63, 3.8) is 0 Å². The van der Waals surface area contributed by atoms with Crippen LogP contribution in [0.4, 0.5) is 0 Å². The minimum absolute atomic E-state index is 1.24. The molecule has 42 heavy (non-hydrogen) atoms. The average molecular weight is 539 g/mol. The van der Waals surface area contributed by atoms with E-state index in [-0.39, 0.29) is 0 Å². The minimum Gasteiger partial charge on any atom is -0.0587 e. The second-order valence-corrected chi connectivity index (χ2v) is 11.7. The highest BCUT2D eigenvalue weighted by atomic mass is 14.2. The second-order valence-electron chi connectivity index (χ2n) is 11.7. The maximum Gasteiger partial charge on any atom is -0.00926 e. The highest BCUT2D eigenvalue weighted by Crippen LogP contribution is 2.43. The predicted octanol–water partition coefficient (Wildman–Crippen LogP) is 11.9. The molecule has 0 aromatic heterocycles. The van der Waals surface area contributed by atoms with Crippen LogP contribution in [-0.4, -0.2) is 0 Å². The maximum absolute atomic E-state index is 2.45. The minimum atomic E-state index is 1.24. The summed E-state index contributed by atoms with van der Waals surface area (Å²) in [4.78, 5) is 0. The van der Waals surface area contributed by atoms with Gasteiger partial charge in [0, 0.05) is 0 Å². The molecule has 7 aromatic carbocycles. The number of hydrogen-bond donors (Lipinski definition) is 0. The summed E-state index contributed by atoms with van der Waals surface area (Å²) in [6, 6.07) is 49.9. The molecule has 0 fully saturated rings. The fourth-order valence-corrected chi connectivity index (χ4v) is 6.12. The molecule has 0 heterocycles. The van der Waals surface area contributed by atoms with Crippen LogP contribution in [0.1, 0.15) is 22.3 Å². The Bertz CT molecular complexity index is 1750. The van der Waals surface area contributed by atoms with Gasteiger partial charge >= 0.3 is 0 Å². The van der Waals surface area contributed by atoms with Gasteiger partial charge in [0.25, 0.3) is 0 Å². The summed E-state index contributed by atoms with van der Waals surface area (Å²) in [5.41, 5.74) is 15.1. The molecule has 0 aliphatic carbocycles. The van der Waals surface area contributed by atoms with E-state index >= 15 is 0 Å². The average Bonchev–Trinajstić information content (AvgIpc) is 3.01. The Hall–Kier alpha value is -4.94. The quantitative estimate of drug-likeness (QED) is 0.196. The summed E-state index contributed by atoms with van der Waals surface area (Å²) < 4.78 is 0. The van der Waals surface area contributed by atoms with Gasteiger partial charge in [-0.25, -0.2) is 0 Å². The largest absolute Gasteiger partial charge is 0.0587 e. The first-order chi connectivity index (χ1) is 20.4. The molecular formula is C42H34. The first-order valence-electron chi connectivity index (χ1n) is 14.8. The zero-order valence-electron chi connectivity index (χ0n) is 24.7. The molecular weight excluding hydrogens is 504 g/mol. The summed E-state index contributed by atoms with van der Waals surface area (Å²) in [6.45, 7) is 8.60. The van der Waals surface area contributed by atoms with Crippen molar-refractivity contribution in [3.8, 4) is 44.5 Å². The number of benzene rings is 7. The topological polar surface area (TPSA) is 0 Å². The van der Waals surface area contributed by atoms with Gasteiger partial charge < -0.3 is 0 Å². The van der Waals surface area contributed by atoms with Crippen LogP contribution < -0.4 is 0 Å². The Labute approximate surface area is 248 Å². The molecule has 0 aliphatic heterocycles. The molecule has 0 saturated carbocycles. The molecule has 0 unspecified atom stereocenters. The lowest BCUT2D eigenvalue weighted by Gasteiger charge is -2.18. The highest BCUT2D eigenvalue weighted by Gasteiger charge is 2.16. The standard InChI is InChI=1S/C42H34/c1-27-5-13-31(14-6-27)35-21-22-36(32-15-7-28(2)8-16-32)40-26-42-38(34-19-11-30(4)12-20-34)24-23-37(41(42)25-39(35)40)33-17-9-29(3)10-18-33/h5-26H,1-4H3. The lowest BCUT2D eigenvalue weighted by molar-refractivity contribution is 1.47. The predicted molar refractivity (Wildman–Crippen MR) is 182 cm³/mol. The summed E-state index contributed by atoms with van der Waals surface area (Å²) in [5.74, 6) is 0. The molecule has 0 radical (unpaired) electrons. The monoisotopic (exact) mass is 538 g/mol. The van der Waals surface area contributed by atoms with Gasteiger partial charge in [-0.05, 0) is 106 Å². The van der Waals surface area contributed by atoms with Crippen molar-refractivity contribution in [3.05, 3.63) is 156 Å². The Kier molecular flexibility index (Phi) is 6.48. The van der Waals surface area contributed by atoms with Crippen LogP contribution in [-0.2, 0) is 0 Å². The fraction of sp³-hybridized carbons (Fsp3) is 0.0952. The summed E-state index contributed by atoms with van der Waals surface area (Å²) in [5, 5.41) is 5.11. The van der Waals surface area contributed by atoms with Crippen LogP contribution in [0.3, 0.4) is 0 Å². The van der Waals surface area contributed by atoms with Gasteiger partial charge in [-0.2, -0.15) is 0 Å². The van der Waals surface area contributed by atoms with Crippen molar-refractivity contribution in [1.82, 2.24) is 0 Å². The Morgan fingerprint density at radius 3 is 0.619 bits per heavy atom. The fourth-order valence-electron chi connectivity index (χ4n) is 6.12. The first kappa shape index (κ1) is 26.0. The molecule has 0 aliphatic rings. The summed E-state index contributed by atoms with van der Waals surface area (Å²) in [6.07, 6.45) is 0. The molecule has 0 bridgehead atoms. The third-order valence-electron chi connectivity index (χ3n) is 8.60. The normalized spacial score (nSPS) is 11.3. The maximum atomic E-state index is 2.45. The van der Waals surface area contributed by atoms with E-state index in [4.69, 9.17) is 0 Å². The number of fused-ring (bicyclic) bond motifs is 2. The van der Waals surface area contributed by atoms with Crippen LogP contribution in [0.2, 0.25) is 0 Å². The van der Waals surface area contributed by atoms with Crippen LogP contribution in [0, 0.1) is 27.7 Å². The number of rotatable bonds is 4. The van der Waals surface area contributed by atoms with Crippen molar-refractivity contribution in [2.75, 3.05) is 0 Å². The molecule has 7 aromatic rings. The second kappa shape index (κ2) is 10.5. The van der Waals surface area contributed by atoms with Crippen LogP contribution in [0.15, 0.2) is 133 Å². The Morgan fingerprint density at radius 1 is 0.238 bits per heavy atom. The zero-order valence-corrected chi connectivity index (χ0v) is 24.7. The number of hydrogen-bond acceptors (Lipinski definition) is 0. The third-order valence-corrected chi connectivity index (χ3v) is 8.60. The molecule has 0 spiro atoms. The molecule has 0 amide bonds. The van der Waals surface area contributed by atoms with E-state index in [0.29, 0.717) is 0 Å². The van der Waals surface area contributed by atoms with Gasteiger partial charge in [0.2, 0.25) is 0 Å². The van der Waals surface area contributed by atoms with Crippen molar-refractivity contribution in [2.45, 2.75) is 27.7 Å². The van der Waals surface area contributed by atoms with E-state index in [1.54, 1.807) is 0 Å². The van der Waals surface area contributed by atoms with Crippen molar-refractivity contribution >= 4 is 21.5 Å². The molecule has 7 rings (SSSR count). The highest BCUT2D eigenvalue weighted by molar-refractivity contribution is 6.16. The molecule has 202 valence electrons. The van der Waals surface area contributed by atoms with Crippen LogP contribution in [0.25, 0.3) is 66.1 Å². The third kappa shape index (κ3) is 4.70. The molecule has 0 heteroatoms. The van der Waals surface area contributed by atoms with Gasteiger partial charge in [-0.15, -0.1) is 0 Å². The molecule has 0 atom stereocenters. The van der Waals surface area contributed by atoms with Gasteiger partial charge in [0.05, 0.1) is 0 Å². The summed E-state index contributed by atoms with van der Waals surface area (Å²) in [7, 11) is 0. The summed E-state index contributed by atoms with van der Waals surface area (Å²) >= 11 is 0. The van der Waals surface area contributed by atoms with Gasteiger partial charge in [0.15, 0.2) is 0 Å². The van der Waals surface area contributed by atoms with Crippen molar-refractivity contribution < 1.29 is 0 Å². The van der Waals surface area contributed by atoms with Gasteiger partial charge in [0.1, 0.15) is 0 Å². The van der Waals surface area contributed by atoms with E-state index in [0.717, 1.165) is 0 Å². The SMILES string of the molecule is Cc1ccc(-c2ccc(-c3ccc(C)cc3)c3cc4c(-c5ccc(C)cc5)ccc(-c5ccc(C)cc5)c4cc23)cc1. The van der Waals surface area contributed by atoms with Gasteiger partial charge in [-0.1, -0.05) is 144 Å². The lowest BCUT2D eigenvalue weighted by atomic mass is 9.86. The van der Waals surface area contributed by atoms with Crippen molar-refractivity contribution in [1.29, 1.82) is 0 Å². The van der Waals surface area contributed by atoms with Crippen LogP contribution >= 0.6 is 0 Å². The van der Waals surface area contributed by atoms with E-state index < -0.39 is 0 Å². The van der Waals surface area contributed by atoms with E-state index in [1.165, 1.54) is 88.3 Å². The van der Waals surface area contributed by atoms with Gasteiger partial charge in [-0.3, -0.25) is 0 Å². The van der Waals surface area contributed by atoms with E-state index in [2.05, 4.69) is 161 Å². The van der Waals surface area contributed by atoms with E-state index in [1.807, 2.05) is 0 Å². The lowest BCUT2D eigenvalue weighted by Crippen LogP contribution is -1.91. The Morgan fingerprint density at radius 2 is 0.429 bits per heavy atom. The number of aryl methyl sites for hydroxylation is 4. The Balaban J connectivity index is 1.61. The molecule has 0 N–H and O–H groups in total. The van der Waals surface area contributed by atoms with E-state index in [9.17, 15) is 0 Å². The van der Waals surface area contributed by atoms with Crippen LogP contribution in [0.5, 0.6) is 0 Å². The molecule has 0 nitrogen and oxygen atoms in total. The van der Waals surface area contributed by atoms with Crippen molar-refractivity contribution in [2.24, 2.45) is 0 Å².